The first-order chi connectivity index (χ1) is 10.2. The van der Waals surface area contributed by atoms with Gasteiger partial charge in [-0.3, -0.25) is 4.98 Å². The van der Waals surface area contributed by atoms with Crippen molar-refractivity contribution in [3.63, 3.8) is 0 Å². The van der Waals surface area contributed by atoms with Crippen molar-refractivity contribution in [3.8, 4) is 0 Å². The Labute approximate surface area is 123 Å². The molecule has 0 fully saturated rings. The van der Waals surface area contributed by atoms with E-state index in [9.17, 15) is 4.79 Å². The number of pyridine rings is 2. The average molecular weight is 282 g/mol. The van der Waals surface area contributed by atoms with Crippen LogP contribution in [0.3, 0.4) is 0 Å². The molecular weight excluding hydrogens is 264 g/mol. The molecule has 0 aliphatic rings. The SMILES string of the molecule is CC(C)c1nc2cccnc2c2c1ncn2CCCC=O. The summed E-state index contributed by atoms with van der Waals surface area (Å²) in [6, 6.07) is 3.88. The maximum atomic E-state index is 10.5. The summed E-state index contributed by atoms with van der Waals surface area (Å²) in [4.78, 5) is 24.2. The summed E-state index contributed by atoms with van der Waals surface area (Å²) in [5.41, 5.74) is 4.71. The Kier molecular flexibility index (Phi) is 3.64. The number of fused-ring (bicyclic) bond motifs is 3. The van der Waals surface area contributed by atoms with Crippen LogP contribution in [0.5, 0.6) is 0 Å². The lowest BCUT2D eigenvalue weighted by Gasteiger charge is -2.10. The van der Waals surface area contributed by atoms with E-state index in [1.807, 2.05) is 18.5 Å². The van der Waals surface area contributed by atoms with Crippen molar-refractivity contribution in [1.29, 1.82) is 0 Å². The number of aromatic nitrogens is 4. The van der Waals surface area contributed by atoms with Gasteiger partial charge in [-0.15, -0.1) is 0 Å². The Morgan fingerprint density at radius 1 is 1.29 bits per heavy atom. The minimum Gasteiger partial charge on any atom is -0.329 e. The normalized spacial score (nSPS) is 11.6. The highest BCUT2D eigenvalue weighted by molar-refractivity contribution is 6.00. The first-order valence-corrected chi connectivity index (χ1v) is 7.25. The van der Waals surface area contributed by atoms with Gasteiger partial charge in [-0.2, -0.15) is 0 Å². The van der Waals surface area contributed by atoms with Gasteiger partial charge in [0.2, 0.25) is 0 Å². The van der Waals surface area contributed by atoms with Crippen molar-refractivity contribution in [2.75, 3.05) is 0 Å². The number of nitrogens with zero attached hydrogens (tertiary/aromatic N) is 4. The van der Waals surface area contributed by atoms with Crippen LogP contribution in [0, 0.1) is 0 Å². The molecule has 0 saturated carbocycles. The zero-order valence-corrected chi connectivity index (χ0v) is 12.3. The van der Waals surface area contributed by atoms with Crippen molar-refractivity contribution in [1.82, 2.24) is 19.5 Å². The molecule has 0 spiro atoms. The van der Waals surface area contributed by atoms with Crippen LogP contribution in [0.2, 0.25) is 0 Å². The molecule has 5 nitrogen and oxygen atoms in total. The van der Waals surface area contributed by atoms with E-state index in [-0.39, 0.29) is 0 Å². The molecule has 0 aromatic carbocycles. The predicted molar refractivity (Wildman–Crippen MR) is 82.2 cm³/mol. The molecule has 3 aromatic heterocycles. The van der Waals surface area contributed by atoms with Crippen molar-refractivity contribution >= 4 is 28.4 Å². The summed E-state index contributed by atoms with van der Waals surface area (Å²) in [5.74, 6) is 0.301. The van der Waals surface area contributed by atoms with Crippen LogP contribution in [-0.4, -0.2) is 25.8 Å². The summed E-state index contributed by atoms with van der Waals surface area (Å²) in [6.07, 6.45) is 5.94. The first-order valence-electron chi connectivity index (χ1n) is 7.25. The van der Waals surface area contributed by atoms with Gasteiger partial charge >= 0.3 is 0 Å². The van der Waals surface area contributed by atoms with Crippen LogP contribution < -0.4 is 0 Å². The van der Waals surface area contributed by atoms with E-state index in [1.165, 1.54) is 0 Å². The molecule has 0 bridgehead atoms. The number of aldehydes is 1. The standard InChI is InChI=1S/C16H18N4O/c1-11(2)13-15-16(14-12(19-13)6-5-7-17-14)20(10-18-15)8-3-4-9-21/h5-7,9-11H,3-4,8H2,1-2H3. The van der Waals surface area contributed by atoms with E-state index in [2.05, 4.69) is 28.4 Å². The van der Waals surface area contributed by atoms with Crippen LogP contribution in [-0.2, 0) is 11.3 Å². The summed E-state index contributed by atoms with van der Waals surface area (Å²) < 4.78 is 2.09. The Morgan fingerprint density at radius 3 is 2.90 bits per heavy atom. The van der Waals surface area contributed by atoms with E-state index >= 15 is 0 Å². The second kappa shape index (κ2) is 5.60. The maximum Gasteiger partial charge on any atom is 0.120 e. The van der Waals surface area contributed by atoms with Crippen LogP contribution in [0.15, 0.2) is 24.7 Å². The smallest absolute Gasteiger partial charge is 0.120 e. The molecule has 5 heteroatoms. The minimum absolute atomic E-state index is 0.301. The lowest BCUT2D eigenvalue weighted by Crippen LogP contribution is -2.01. The fraction of sp³-hybridized carbons (Fsp3) is 0.375. The maximum absolute atomic E-state index is 10.5. The molecule has 3 aromatic rings. The molecule has 3 rings (SSSR count). The number of imidazole rings is 1. The fourth-order valence-electron chi connectivity index (χ4n) is 2.59. The molecule has 3 heterocycles. The first kappa shape index (κ1) is 13.7. The van der Waals surface area contributed by atoms with E-state index in [4.69, 9.17) is 4.98 Å². The van der Waals surface area contributed by atoms with Gasteiger partial charge in [0.05, 0.1) is 23.1 Å². The molecule has 21 heavy (non-hydrogen) atoms. The Balaban J connectivity index is 2.24. The predicted octanol–water partition coefficient (Wildman–Crippen LogP) is 3.08. The molecule has 0 amide bonds. The highest BCUT2D eigenvalue weighted by Gasteiger charge is 2.16. The zero-order chi connectivity index (χ0) is 14.8. The van der Waals surface area contributed by atoms with Crippen LogP contribution >= 0.6 is 0 Å². The van der Waals surface area contributed by atoms with E-state index < -0.39 is 0 Å². The third-order valence-corrected chi connectivity index (χ3v) is 3.60. The van der Waals surface area contributed by atoms with Gasteiger partial charge in [0.15, 0.2) is 0 Å². The van der Waals surface area contributed by atoms with Gasteiger partial charge in [-0.05, 0) is 24.5 Å². The van der Waals surface area contributed by atoms with E-state index in [1.54, 1.807) is 6.20 Å². The van der Waals surface area contributed by atoms with Crippen LogP contribution in [0.25, 0.3) is 22.1 Å². The largest absolute Gasteiger partial charge is 0.329 e. The number of unbranched alkanes of at least 4 members (excludes halogenated alkanes) is 1. The summed E-state index contributed by atoms with van der Waals surface area (Å²) in [5, 5.41) is 0. The summed E-state index contributed by atoms with van der Waals surface area (Å²) in [7, 11) is 0. The fourth-order valence-corrected chi connectivity index (χ4v) is 2.59. The summed E-state index contributed by atoms with van der Waals surface area (Å²) >= 11 is 0. The minimum atomic E-state index is 0.301. The topological polar surface area (TPSA) is 60.7 Å². The van der Waals surface area contributed by atoms with Gasteiger partial charge in [0, 0.05) is 19.2 Å². The van der Waals surface area contributed by atoms with Gasteiger partial charge in [0.1, 0.15) is 17.3 Å². The monoisotopic (exact) mass is 282 g/mol. The Bertz CT molecular complexity index is 791. The molecule has 108 valence electrons. The van der Waals surface area contributed by atoms with Gasteiger partial charge in [-0.1, -0.05) is 13.8 Å². The van der Waals surface area contributed by atoms with E-state index in [0.29, 0.717) is 12.3 Å². The van der Waals surface area contributed by atoms with E-state index in [0.717, 1.165) is 47.0 Å². The summed E-state index contributed by atoms with van der Waals surface area (Å²) in [6.45, 7) is 5.01. The average Bonchev–Trinajstić information content (AvgIpc) is 2.91. The van der Waals surface area contributed by atoms with Gasteiger partial charge < -0.3 is 9.36 Å². The molecule has 0 atom stereocenters. The second-order valence-corrected chi connectivity index (χ2v) is 5.47. The highest BCUT2D eigenvalue weighted by Crippen LogP contribution is 2.28. The van der Waals surface area contributed by atoms with Crippen molar-refractivity contribution in [3.05, 3.63) is 30.4 Å². The molecule has 0 N–H and O–H groups in total. The van der Waals surface area contributed by atoms with Crippen LogP contribution in [0.1, 0.15) is 38.3 Å². The lowest BCUT2D eigenvalue weighted by molar-refractivity contribution is -0.107. The van der Waals surface area contributed by atoms with Crippen molar-refractivity contribution in [2.24, 2.45) is 0 Å². The third-order valence-electron chi connectivity index (χ3n) is 3.60. The molecule has 0 radical (unpaired) electrons. The highest BCUT2D eigenvalue weighted by atomic mass is 16.1. The molecule has 0 unspecified atom stereocenters. The Morgan fingerprint density at radius 2 is 2.14 bits per heavy atom. The number of carbonyl (C=O) groups is 1. The number of hydrogen-bond acceptors (Lipinski definition) is 4. The number of aryl methyl sites for hydroxylation is 1. The van der Waals surface area contributed by atoms with Gasteiger partial charge in [-0.25, -0.2) is 9.97 Å². The Hall–Kier alpha value is -2.30. The quantitative estimate of drug-likeness (QED) is 0.533. The number of rotatable bonds is 5. The van der Waals surface area contributed by atoms with Crippen LogP contribution in [0.4, 0.5) is 0 Å². The van der Waals surface area contributed by atoms with Crippen molar-refractivity contribution < 1.29 is 4.79 Å². The third kappa shape index (κ3) is 2.39. The lowest BCUT2D eigenvalue weighted by atomic mass is 10.1. The molecule has 0 aliphatic heterocycles. The number of hydrogen-bond donors (Lipinski definition) is 0. The zero-order valence-electron chi connectivity index (χ0n) is 12.3. The molecule has 0 aliphatic carbocycles. The molecular formula is C16H18N4O. The van der Waals surface area contributed by atoms with Gasteiger partial charge in [0.25, 0.3) is 0 Å². The number of carbonyl (C=O) groups excluding carboxylic acids is 1. The second-order valence-electron chi connectivity index (χ2n) is 5.47. The molecule has 0 saturated heterocycles. The van der Waals surface area contributed by atoms with Crippen molar-refractivity contribution in [2.45, 2.75) is 39.2 Å².